The second kappa shape index (κ2) is 11.7. The third-order valence-electron chi connectivity index (χ3n) is 7.38. The molecule has 3 aromatic rings. The Balaban J connectivity index is 1.20. The van der Waals surface area contributed by atoms with Crippen molar-refractivity contribution in [1.82, 2.24) is 24.5 Å². The van der Waals surface area contributed by atoms with Crippen molar-refractivity contribution in [3.8, 4) is 29.1 Å². The molecule has 1 saturated carbocycles. The van der Waals surface area contributed by atoms with Crippen LogP contribution in [0.25, 0.3) is 11.3 Å². The molecule has 0 amide bonds. The van der Waals surface area contributed by atoms with Crippen LogP contribution in [0.1, 0.15) is 49.5 Å². The molecule has 5 rings (SSSR count). The van der Waals surface area contributed by atoms with Gasteiger partial charge in [0.05, 0.1) is 43.4 Å². The van der Waals surface area contributed by atoms with Crippen molar-refractivity contribution >= 4 is 17.4 Å². The Hall–Kier alpha value is -4.20. The first-order valence-electron chi connectivity index (χ1n) is 13.5. The molecular weight excluding hydrogens is 496 g/mol. The van der Waals surface area contributed by atoms with Gasteiger partial charge in [-0.15, -0.1) is 0 Å². The van der Waals surface area contributed by atoms with Crippen molar-refractivity contribution in [2.75, 3.05) is 36.9 Å². The molecule has 2 N–H and O–H groups in total. The average molecular weight is 531 g/mol. The number of nitrogens with two attached hydrogens (primary N) is 1. The quantitative estimate of drug-likeness (QED) is 0.364. The van der Waals surface area contributed by atoms with Crippen molar-refractivity contribution < 1.29 is 14.3 Å². The molecule has 2 atom stereocenters. The van der Waals surface area contributed by atoms with Gasteiger partial charge in [-0.3, -0.25) is 4.79 Å². The highest BCUT2D eigenvalue weighted by Crippen LogP contribution is 2.38. The summed E-state index contributed by atoms with van der Waals surface area (Å²) in [5.41, 5.74) is 8.31. The summed E-state index contributed by atoms with van der Waals surface area (Å²) >= 11 is 0. The van der Waals surface area contributed by atoms with Crippen LogP contribution in [-0.2, 0) is 7.05 Å². The van der Waals surface area contributed by atoms with Crippen LogP contribution in [0.15, 0.2) is 30.9 Å². The van der Waals surface area contributed by atoms with Gasteiger partial charge in [0.2, 0.25) is 0 Å². The molecular formula is C28H34N8O3. The number of anilines is 2. The number of aromatic nitrogens is 5. The first-order chi connectivity index (χ1) is 18.9. The van der Waals surface area contributed by atoms with E-state index in [1.165, 1.54) is 0 Å². The number of hydrogen-bond donors (Lipinski definition) is 1. The predicted molar refractivity (Wildman–Crippen MR) is 145 cm³/mol. The number of nitriles is 1. The molecule has 1 saturated heterocycles. The van der Waals surface area contributed by atoms with Crippen LogP contribution in [0.5, 0.6) is 11.8 Å². The standard InChI is InChI=1S/C28H34N8O3/c1-3-4-24(37)22-11-26(34-28(33-22)39-16-21-9-19(21)12-29)36-7-5-18(6-8-36)15-38-25-10-20(13-32-27(25)30)23-14-31-17-35(23)2/h10-11,13-14,17-19,21H,3-9,15-16H2,1-2H3,(H2,30,32)/t19-,21+/m0/s1. The largest absolute Gasteiger partial charge is 0.489 e. The summed E-state index contributed by atoms with van der Waals surface area (Å²) in [6.07, 6.45) is 9.06. The van der Waals surface area contributed by atoms with Gasteiger partial charge in [-0.05, 0) is 37.7 Å². The molecule has 1 aliphatic carbocycles. The Morgan fingerprint density at radius 3 is 2.69 bits per heavy atom. The summed E-state index contributed by atoms with van der Waals surface area (Å²) < 4.78 is 13.9. The van der Waals surface area contributed by atoms with Crippen LogP contribution in [0.2, 0.25) is 0 Å². The van der Waals surface area contributed by atoms with E-state index in [9.17, 15) is 4.79 Å². The summed E-state index contributed by atoms with van der Waals surface area (Å²) in [5, 5.41) is 9.05. The molecule has 0 bridgehead atoms. The minimum absolute atomic E-state index is 0.0184. The Labute approximate surface area is 228 Å². The molecule has 2 fully saturated rings. The summed E-state index contributed by atoms with van der Waals surface area (Å²) in [7, 11) is 1.93. The third kappa shape index (κ3) is 6.28. The Kier molecular flexibility index (Phi) is 7.91. The van der Waals surface area contributed by atoms with Gasteiger partial charge in [-0.2, -0.15) is 15.2 Å². The minimum atomic E-state index is -0.0184. The fourth-order valence-electron chi connectivity index (χ4n) is 4.79. The first-order valence-corrected chi connectivity index (χ1v) is 13.5. The highest BCUT2D eigenvalue weighted by Gasteiger charge is 2.38. The SMILES string of the molecule is CCCC(=O)c1cc(N2CCC(COc3cc(-c4cncn4C)cnc3N)CC2)nc(OC[C@H]2C[C@H]2C#N)n1. The number of carbonyl (C=O) groups excluding carboxylic acids is 1. The van der Waals surface area contributed by atoms with Crippen LogP contribution in [0.4, 0.5) is 11.6 Å². The van der Waals surface area contributed by atoms with Crippen molar-refractivity contribution in [3.05, 3.63) is 36.5 Å². The lowest BCUT2D eigenvalue weighted by Gasteiger charge is -2.33. The van der Waals surface area contributed by atoms with Gasteiger partial charge in [0.25, 0.3) is 0 Å². The smallest absolute Gasteiger partial charge is 0.319 e. The number of imidazole rings is 1. The van der Waals surface area contributed by atoms with E-state index in [-0.39, 0.29) is 23.6 Å². The zero-order valence-electron chi connectivity index (χ0n) is 22.4. The number of aryl methyl sites for hydroxylation is 1. The maximum absolute atomic E-state index is 12.7. The average Bonchev–Trinajstić information content (AvgIpc) is 3.60. The maximum Gasteiger partial charge on any atom is 0.319 e. The maximum atomic E-state index is 12.7. The topological polar surface area (TPSA) is 145 Å². The molecule has 39 heavy (non-hydrogen) atoms. The first kappa shape index (κ1) is 26.4. The Morgan fingerprint density at radius 1 is 1.18 bits per heavy atom. The summed E-state index contributed by atoms with van der Waals surface area (Å²) in [4.78, 5) is 32.3. The predicted octanol–water partition coefficient (Wildman–Crippen LogP) is 3.67. The summed E-state index contributed by atoms with van der Waals surface area (Å²) in [6.45, 7) is 4.44. The number of nitrogen functional groups attached to an aromatic ring is 1. The second-order valence-corrected chi connectivity index (χ2v) is 10.3. The number of Topliss-reactive ketones (excluding diaryl/α,β-unsaturated/α-hetero) is 1. The van der Waals surface area contributed by atoms with Gasteiger partial charge in [0, 0.05) is 50.3 Å². The van der Waals surface area contributed by atoms with Gasteiger partial charge >= 0.3 is 6.01 Å². The van der Waals surface area contributed by atoms with Crippen LogP contribution in [0, 0.1) is 29.1 Å². The zero-order valence-corrected chi connectivity index (χ0v) is 22.4. The number of hydrogen-bond acceptors (Lipinski definition) is 10. The van der Waals surface area contributed by atoms with Gasteiger partial charge in [-0.1, -0.05) is 6.92 Å². The monoisotopic (exact) mass is 530 g/mol. The number of piperidine rings is 1. The van der Waals surface area contributed by atoms with E-state index in [0.29, 0.717) is 48.6 Å². The molecule has 11 heteroatoms. The molecule has 0 aromatic carbocycles. The molecule has 2 aliphatic rings. The van der Waals surface area contributed by atoms with E-state index in [4.69, 9.17) is 20.5 Å². The molecule has 0 radical (unpaired) electrons. The molecule has 204 valence electrons. The fraction of sp³-hybridized carbons (Fsp3) is 0.500. The lowest BCUT2D eigenvalue weighted by atomic mass is 9.97. The Bertz CT molecular complexity index is 1360. The highest BCUT2D eigenvalue weighted by molar-refractivity contribution is 5.94. The fourth-order valence-corrected chi connectivity index (χ4v) is 4.79. The van der Waals surface area contributed by atoms with Crippen molar-refractivity contribution in [1.29, 1.82) is 5.26 Å². The summed E-state index contributed by atoms with van der Waals surface area (Å²) in [5.74, 6) is 2.21. The van der Waals surface area contributed by atoms with Crippen LogP contribution in [0.3, 0.4) is 0 Å². The van der Waals surface area contributed by atoms with Crippen LogP contribution < -0.4 is 20.1 Å². The molecule has 0 spiro atoms. The zero-order chi connectivity index (χ0) is 27.4. The Morgan fingerprint density at radius 2 is 2.00 bits per heavy atom. The number of pyridine rings is 1. The number of rotatable bonds is 11. The van der Waals surface area contributed by atoms with Crippen molar-refractivity contribution in [2.45, 2.75) is 39.0 Å². The number of nitrogens with zero attached hydrogens (tertiary/aromatic N) is 7. The van der Waals surface area contributed by atoms with E-state index in [1.807, 2.05) is 24.6 Å². The molecule has 1 aliphatic heterocycles. The van der Waals surface area contributed by atoms with Gasteiger partial charge in [0.15, 0.2) is 17.4 Å². The van der Waals surface area contributed by atoms with Crippen molar-refractivity contribution in [3.63, 3.8) is 0 Å². The summed E-state index contributed by atoms with van der Waals surface area (Å²) in [6, 6.07) is 6.15. The van der Waals surface area contributed by atoms with Crippen LogP contribution >= 0.6 is 0 Å². The molecule has 11 nitrogen and oxygen atoms in total. The second-order valence-electron chi connectivity index (χ2n) is 10.3. The molecule has 0 unspecified atom stereocenters. The van der Waals surface area contributed by atoms with E-state index in [1.54, 1.807) is 24.8 Å². The van der Waals surface area contributed by atoms with E-state index in [2.05, 4.69) is 30.9 Å². The van der Waals surface area contributed by atoms with E-state index >= 15 is 0 Å². The molecule has 4 heterocycles. The lowest BCUT2D eigenvalue weighted by molar-refractivity contribution is 0.0975. The lowest BCUT2D eigenvalue weighted by Crippen LogP contribution is -2.36. The third-order valence-corrected chi connectivity index (χ3v) is 7.38. The minimum Gasteiger partial charge on any atom is -0.489 e. The normalized spacial score (nSPS) is 18.9. The highest BCUT2D eigenvalue weighted by atomic mass is 16.5. The number of ether oxygens (including phenoxy) is 2. The van der Waals surface area contributed by atoms with Gasteiger partial charge in [-0.25, -0.2) is 9.97 Å². The van der Waals surface area contributed by atoms with Crippen molar-refractivity contribution in [2.24, 2.45) is 24.8 Å². The van der Waals surface area contributed by atoms with Gasteiger partial charge < -0.3 is 24.7 Å². The number of ketones is 1. The van der Waals surface area contributed by atoms with Crippen LogP contribution in [-0.4, -0.2) is 56.6 Å². The van der Waals surface area contributed by atoms with E-state index in [0.717, 1.165) is 50.0 Å². The molecule has 3 aromatic heterocycles. The van der Waals surface area contributed by atoms with Gasteiger partial charge in [0.1, 0.15) is 11.5 Å². The number of carbonyl (C=O) groups is 1. The van der Waals surface area contributed by atoms with E-state index < -0.39 is 0 Å².